The van der Waals surface area contributed by atoms with Crippen LogP contribution in [0.2, 0.25) is 0 Å². The summed E-state index contributed by atoms with van der Waals surface area (Å²) in [6, 6.07) is 20.5. The molecule has 6 heteroatoms. The summed E-state index contributed by atoms with van der Waals surface area (Å²) < 4.78 is 0. The van der Waals surface area contributed by atoms with Gasteiger partial charge in [0.15, 0.2) is 0 Å². The van der Waals surface area contributed by atoms with E-state index in [4.69, 9.17) is 0 Å². The molecule has 34 heavy (non-hydrogen) atoms. The number of amides is 2. The van der Waals surface area contributed by atoms with Crippen LogP contribution in [-0.4, -0.2) is 65.3 Å². The van der Waals surface area contributed by atoms with E-state index in [1.54, 1.807) is 0 Å². The van der Waals surface area contributed by atoms with Gasteiger partial charge in [0.05, 0.1) is 12.6 Å². The van der Waals surface area contributed by atoms with Crippen LogP contribution < -0.4 is 0 Å². The summed E-state index contributed by atoms with van der Waals surface area (Å²) in [5.41, 5.74) is 4.30. The largest absolute Gasteiger partial charge is 0.338 e. The Kier molecular flexibility index (Phi) is 6.53. The molecule has 5 nitrogen and oxygen atoms in total. The average Bonchev–Trinajstić information content (AvgIpc) is 3.33. The zero-order valence-electron chi connectivity index (χ0n) is 19.8. The predicted molar refractivity (Wildman–Crippen MR) is 136 cm³/mol. The molecule has 0 saturated carbocycles. The fourth-order valence-corrected chi connectivity index (χ4v) is 6.20. The van der Waals surface area contributed by atoms with Crippen LogP contribution in [0.1, 0.15) is 44.9 Å². The van der Waals surface area contributed by atoms with Crippen molar-refractivity contribution in [2.45, 2.75) is 32.4 Å². The highest BCUT2D eigenvalue weighted by Crippen LogP contribution is 2.37. The molecule has 2 amide bonds. The molecular formula is C28H31N3O2S. The number of hydrogen-bond acceptors (Lipinski definition) is 4. The van der Waals surface area contributed by atoms with E-state index in [0.29, 0.717) is 26.2 Å². The highest BCUT2D eigenvalue weighted by molar-refractivity contribution is 7.10. The number of thiophene rings is 1. The van der Waals surface area contributed by atoms with Crippen molar-refractivity contribution in [3.05, 3.63) is 93.2 Å². The van der Waals surface area contributed by atoms with Gasteiger partial charge in [-0.1, -0.05) is 48.5 Å². The molecule has 3 aromatic rings. The molecule has 5 rings (SSSR count). The maximum Gasteiger partial charge on any atom is 0.254 e. The van der Waals surface area contributed by atoms with Crippen molar-refractivity contribution in [3.8, 4) is 0 Å². The third-order valence-corrected chi connectivity index (χ3v) is 8.13. The van der Waals surface area contributed by atoms with Crippen LogP contribution in [0, 0.1) is 6.92 Å². The second kappa shape index (κ2) is 9.72. The van der Waals surface area contributed by atoms with Gasteiger partial charge in [0.25, 0.3) is 5.91 Å². The minimum Gasteiger partial charge on any atom is -0.338 e. The molecule has 2 atom stereocenters. The normalized spacial score (nSPS) is 20.8. The Balaban J connectivity index is 1.28. The monoisotopic (exact) mass is 473 g/mol. The molecule has 0 radical (unpaired) electrons. The van der Waals surface area contributed by atoms with Crippen LogP contribution in [-0.2, 0) is 11.2 Å². The van der Waals surface area contributed by atoms with Crippen molar-refractivity contribution in [2.24, 2.45) is 0 Å². The number of piperazine rings is 1. The summed E-state index contributed by atoms with van der Waals surface area (Å²) in [6.45, 7) is 7.00. The Morgan fingerprint density at radius 3 is 2.50 bits per heavy atom. The number of rotatable bonds is 4. The maximum absolute atomic E-state index is 13.4. The van der Waals surface area contributed by atoms with Crippen molar-refractivity contribution in [3.63, 3.8) is 0 Å². The van der Waals surface area contributed by atoms with E-state index in [1.807, 2.05) is 65.3 Å². The molecular weight excluding hydrogens is 442 g/mol. The first-order valence-corrected chi connectivity index (χ1v) is 12.9. The van der Waals surface area contributed by atoms with E-state index in [-0.39, 0.29) is 23.9 Å². The number of carbonyl (C=O) groups is 2. The van der Waals surface area contributed by atoms with Crippen molar-refractivity contribution >= 4 is 23.2 Å². The fraction of sp³-hybridized carbons (Fsp3) is 0.357. The Morgan fingerprint density at radius 2 is 1.74 bits per heavy atom. The lowest BCUT2D eigenvalue weighted by Crippen LogP contribution is -2.57. The van der Waals surface area contributed by atoms with Crippen LogP contribution in [0.3, 0.4) is 0 Å². The third kappa shape index (κ3) is 4.40. The number of fused-ring (bicyclic) bond motifs is 1. The van der Waals surface area contributed by atoms with E-state index < -0.39 is 0 Å². The molecule has 0 N–H and O–H groups in total. The lowest BCUT2D eigenvalue weighted by Gasteiger charge is -2.42. The highest BCUT2D eigenvalue weighted by Gasteiger charge is 2.34. The molecule has 1 fully saturated rings. The van der Waals surface area contributed by atoms with Crippen LogP contribution >= 0.6 is 11.3 Å². The van der Waals surface area contributed by atoms with Gasteiger partial charge in [-0.05, 0) is 54.5 Å². The summed E-state index contributed by atoms with van der Waals surface area (Å²) in [5, 5.41) is 2.16. The topological polar surface area (TPSA) is 43.9 Å². The van der Waals surface area contributed by atoms with Gasteiger partial charge in [-0.25, -0.2) is 0 Å². The second-order valence-electron chi connectivity index (χ2n) is 9.34. The number of carbonyl (C=O) groups excluding carboxylic acids is 2. The van der Waals surface area contributed by atoms with Crippen LogP contribution in [0.25, 0.3) is 0 Å². The minimum absolute atomic E-state index is 0.0143. The summed E-state index contributed by atoms with van der Waals surface area (Å²) >= 11 is 1.82. The lowest BCUT2D eigenvalue weighted by atomic mass is 9.93. The molecule has 2 aromatic carbocycles. The molecule has 3 heterocycles. The summed E-state index contributed by atoms with van der Waals surface area (Å²) in [4.78, 5) is 34.2. The molecule has 0 aliphatic carbocycles. The maximum atomic E-state index is 13.4. The summed E-state index contributed by atoms with van der Waals surface area (Å²) in [5.74, 6) is 0.206. The van der Waals surface area contributed by atoms with Crippen molar-refractivity contribution in [1.29, 1.82) is 0 Å². The molecule has 1 saturated heterocycles. The van der Waals surface area contributed by atoms with Crippen molar-refractivity contribution < 1.29 is 9.59 Å². The molecule has 0 spiro atoms. The molecule has 2 aliphatic heterocycles. The SMILES string of the molecule is Cc1ccccc1C(=O)N1CCN(C(=O)CN2CCc3sccc3[C@H]2c2ccccc2)C[C@@H]1C. The molecule has 1 aromatic heterocycles. The van der Waals surface area contributed by atoms with E-state index in [9.17, 15) is 9.59 Å². The summed E-state index contributed by atoms with van der Waals surface area (Å²) in [7, 11) is 0. The Hall–Kier alpha value is -2.96. The Morgan fingerprint density at radius 1 is 0.971 bits per heavy atom. The van der Waals surface area contributed by atoms with E-state index in [1.165, 1.54) is 16.0 Å². The van der Waals surface area contributed by atoms with Crippen LogP contribution in [0.15, 0.2) is 66.0 Å². The lowest BCUT2D eigenvalue weighted by molar-refractivity contribution is -0.135. The average molecular weight is 474 g/mol. The van der Waals surface area contributed by atoms with Gasteiger partial charge in [-0.15, -0.1) is 11.3 Å². The Bertz CT molecular complexity index is 1180. The van der Waals surface area contributed by atoms with Crippen LogP contribution in [0.4, 0.5) is 0 Å². The quantitative estimate of drug-likeness (QED) is 0.565. The zero-order chi connectivity index (χ0) is 23.7. The van der Waals surface area contributed by atoms with E-state index >= 15 is 0 Å². The number of benzene rings is 2. The van der Waals surface area contributed by atoms with E-state index in [2.05, 4.69) is 40.6 Å². The van der Waals surface area contributed by atoms with Crippen molar-refractivity contribution in [1.82, 2.24) is 14.7 Å². The molecule has 176 valence electrons. The first kappa shape index (κ1) is 22.8. The second-order valence-corrected chi connectivity index (χ2v) is 10.3. The molecule has 2 aliphatic rings. The van der Waals surface area contributed by atoms with Gasteiger partial charge in [-0.2, -0.15) is 0 Å². The smallest absolute Gasteiger partial charge is 0.254 e. The van der Waals surface area contributed by atoms with Gasteiger partial charge in [0.2, 0.25) is 5.91 Å². The molecule has 0 unspecified atom stereocenters. The van der Waals surface area contributed by atoms with Crippen molar-refractivity contribution in [2.75, 3.05) is 32.7 Å². The predicted octanol–water partition coefficient (Wildman–Crippen LogP) is 4.38. The highest BCUT2D eigenvalue weighted by atomic mass is 32.1. The van der Waals surface area contributed by atoms with Gasteiger partial charge in [-0.3, -0.25) is 14.5 Å². The zero-order valence-corrected chi connectivity index (χ0v) is 20.6. The number of hydrogen-bond donors (Lipinski definition) is 0. The number of aryl methyl sites for hydroxylation is 1. The molecule has 0 bridgehead atoms. The first-order valence-electron chi connectivity index (χ1n) is 12.0. The van der Waals surface area contributed by atoms with Gasteiger partial charge in [0.1, 0.15) is 0 Å². The van der Waals surface area contributed by atoms with Gasteiger partial charge < -0.3 is 9.80 Å². The standard InChI is InChI=1S/C28H31N3O2S/c1-20-8-6-7-11-23(20)28(33)31-16-15-29(18-21(31)2)26(32)19-30-14-12-25-24(13-17-34-25)27(30)22-9-4-3-5-10-22/h3-11,13,17,21,27H,12,14-16,18-19H2,1-2H3/t21-,27+/m0/s1. The van der Waals surface area contributed by atoms with E-state index in [0.717, 1.165) is 24.1 Å². The third-order valence-electron chi connectivity index (χ3n) is 7.14. The van der Waals surface area contributed by atoms with Gasteiger partial charge in [0, 0.05) is 42.7 Å². The fourth-order valence-electron chi connectivity index (χ4n) is 5.29. The Labute approximate surface area is 205 Å². The van der Waals surface area contributed by atoms with Crippen LogP contribution in [0.5, 0.6) is 0 Å². The first-order chi connectivity index (χ1) is 16.5. The minimum atomic E-state index is -0.0143. The van der Waals surface area contributed by atoms with Gasteiger partial charge >= 0.3 is 0 Å². The summed E-state index contributed by atoms with van der Waals surface area (Å²) in [6.07, 6.45) is 0.985. The number of nitrogens with zero attached hydrogens (tertiary/aromatic N) is 3.